The predicted molar refractivity (Wildman–Crippen MR) is 140 cm³/mol. The average molecular weight is 542 g/mol. The number of aromatic nitrogens is 2. The third-order valence-corrected chi connectivity index (χ3v) is 8.46. The van der Waals surface area contributed by atoms with Gasteiger partial charge in [-0.3, -0.25) is 4.79 Å². The van der Waals surface area contributed by atoms with Gasteiger partial charge < -0.3 is 14.4 Å². The lowest BCUT2D eigenvalue weighted by Crippen LogP contribution is -2.49. The highest BCUT2D eigenvalue weighted by Gasteiger charge is 2.30. The molecule has 1 aromatic heterocycles. The molecule has 1 unspecified atom stereocenters. The number of fused-ring (bicyclic) bond motifs is 1. The van der Waals surface area contributed by atoms with Crippen molar-refractivity contribution >= 4 is 32.7 Å². The maximum absolute atomic E-state index is 13.3. The summed E-state index contributed by atoms with van der Waals surface area (Å²) in [5, 5.41) is 1.87. The molecule has 1 N–H and O–H groups in total. The number of carbonyl (C=O) groups excluding carboxylic acids is 1. The molecule has 0 saturated carbocycles. The van der Waals surface area contributed by atoms with Crippen molar-refractivity contribution in [3.05, 3.63) is 54.2 Å². The average Bonchev–Trinajstić information content (AvgIpc) is 2.96. The first-order valence-corrected chi connectivity index (χ1v) is 14.2. The Hall–Kier alpha value is -3.32. The summed E-state index contributed by atoms with van der Waals surface area (Å²) < 4.78 is 39.2. The van der Waals surface area contributed by atoms with Gasteiger partial charge in [0.05, 0.1) is 11.5 Å². The van der Waals surface area contributed by atoms with Crippen LogP contribution in [0.25, 0.3) is 10.8 Å². The number of hydrogen-bond donors (Lipinski definition) is 1. The van der Waals surface area contributed by atoms with E-state index in [0.29, 0.717) is 38.7 Å². The molecular weight excluding hydrogens is 510 g/mol. The summed E-state index contributed by atoms with van der Waals surface area (Å²) in [4.78, 5) is 29.0. The number of carbonyl (C=O) groups is 1. The minimum absolute atomic E-state index is 0.134. The monoisotopic (exact) mass is 541 g/mol. The minimum atomic E-state index is -3.65. The first kappa shape index (κ1) is 26.3. The second-order valence-corrected chi connectivity index (χ2v) is 11.0. The number of hydroxylamine groups is 1. The Morgan fingerprint density at radius 2 is 1.89 bits per heavy atom. The number of ether oxygens (including phenoxy) is 2. The quantitative estimate of drug-likeness (QED) is 0.429. The second kappa shape index (κ2) is 11.6. The fourth-order valence-electron chi connectivity index (χ4n) is 4.50. The highest BCUT2D eigenvalue weighted by Crippen LogP contribution is 2.25. The Kier molecular flexibility index (Phi) is 8.03. The highest BCUT2D eigenvalue weighted by molar-refractivity contribution is 7.89. The molecular formula is C26H31N5O6S. The fourth-order valence-corrected chi connectivity index (χ4v) is 5.95. The van der Waals surface area contributed by atoms with Crippen molar-refractivity contribution in [2.75, 3.05) is 44.3 Å². The third kappa shape index (κ3) is 5.73. The molecule has 12 heteroatoms. The number of hydrogen-bond acceptors (Lipinski definition) is 9. The van der Waals surface area contributed by atoms with Crippen LogP contribution in [0.3, 0.4) is 0 Å². The Morgan fingerprint density at radius 3 is 2.63 bits per heavy atom. The largest absolute Gasteiger partial charge is 0.477 e. The number of rotatable bonds is 8. The molecule has 2 saturated heterocycles. The van der Waals surface area contributed by atoms with E-state index in [4.69, 9.17) is 14.3 Å². The molecule has 0 aliphatic carbocycles. The summed E-state index contributed by atoms with van der Waals surface area (Å²) in [5.74, 6) is -0.0286. The van der Waals surface area contributed by atoms with Crippen LogP contribution in [0.2, 0.25) is 0 Å². The molecule has 2 aliphatic heterocycles. The van der Waals surface area contributed by atoms with Gasteiger partial charge in [-0.1, -0.05) is 30.3 Å². The molecule has 3 aromatic rings. The second-order valence-electron chi connectivity index (χ2n) is 9.07. The lowest BCUT2D eigenvalue weighted by molar-refractivity contribution is -0.186. The number of amides is 1. The zero-order chi connectivity index (χ0) is 26.5. The van der Waals surface area contributed by atoms with Crippen molar-refractivity contribution in [1.82, 2.24) is 19.8 Å². The van der Waals surface area contributed by atoms with Gasteiger partial charge in [0.25, 0.3) is 5.91 Å². The van der Waals surface area contributed by atoms with Crippen molar-refractivity contribution in [2.45, 2.75) is 37.4 Å². The van der Waals surface area contributed by atoms with Crippen LogP contribution >= 0.6 is 0 Å². The standard InChI is InChI=1S/C26H31N5O6S/c1-2-35-25-22(24(32)29-37-23-9-5-6-16-36-23)18-27-26(28-25)30-12-14-31(15-13-30)38(33,34)21-11-10-19-7-3-4-8-20(19)17-21/h3-4,7-8,10-11,17-18,23H,2,5-6,9,12-16H2,1H3,(H,29,32). The molecule has 2 fully saturated rings. The van der Waals surface area contributed by atoms with Crippen LogP contribution < -0.4 is 15.1 Å². The molecule has 2 aromatic carbocycles. The van der Waals surface area contributed by atoms with E-state index >= 15 is 0 Å². The van der Waals surface area contributed by atoms with Crippen LogP contribution in [-0.4, -0.2) is 74.3 Å². The topological polar surface area (TPSA) is 123 Å². The molecule has 1 amide bonds. The first-order valence-electron chi connectivity index (χ1n) is 12.8. The number of nitrogens with zero attached hydrogens (tertiary/aromatic N) is 4. The number of sulfonamides is 1. The maximum Gasteiger partial charge on any atom is 0.282 e. The summed E-state index contributed by atoms with van der Waals surface area (Å²) in [6, 6.07) is 12.9. The van der Waals surface area contributed by atoms with Crippen molar-refractivity contribution < 1.29 is 27.5 Å². The van der Waals surface area contributed by atoms with Gasteiger partial charge in [0, 0.05) is 45.4 Å². The number of nitrogens with one attached hydrogen (secondary N) is 1. The van der Waals surface area contributed by atoms with Crippen LogP contribution in [0.1, 0.15) is 36.5 Å². The highest BCUT2D eigenvalue weighted by atomic mass is 32.2. The minimum Gasteiger partial charge on any atom is -0.477 e. The van der Waals surface area contributed by atoms with E-state index < -0.39 is 22.2 Å². The SMILES string of the molecule is CCOc1nc(N2CCN(S(=O)(=O)c3ccc4ccccc4c3)CC2)ncc1C(=O)NOC1CCCCO1. The van der Waals surface area contributed by atoms with E-state index in [1.165, 1.54) is 10.5 Å². The Labute approximate surface area is 221 Å². The van der Waals surface area contributed by atoms with Gasteiger partial charge in [-0.25, -0.2) is 23.7 Å². The number of benzene rings is 2. The predicted octanol–water partition coefficient (Wildman–Crippen LogP) is 2.73. The van der Waals surface area contributed by atoms with Crippen LogP contribution in [0.4, 0.5) is 5.95 Å². The summed E-state index contributed by atoms with van der Waals surface area (Å²) >= 11 is 0. The first-order chi connectivity index (χ1) is 18.5. The smallest absolute Gasteiger partial charge is 0.282 e. The molecule has 38 heavy (non-hydrogen) atoms. The molecule has 1 atom stereocenters. The van der Waals surface area contributed by atoms with Gasteiger partial charge in [-0.05, 0) is 42.7 Å². The van der Waals surface area contributed by atoms with Crippen molar-refractivity contribution in [1.29, 1.82) is 0 Å². The summed E-state index contributed by atoms with van der Waals surface area (Å²) in [6.45, 7) is 4.05. The zero-order valence-corrected chi connectivity index (χ0v) is 22.0. The van der Waals surface area contributed by atoms with E-state index in [1.54, 1.807) is 19.1 Å². The van der Waals surface area contributed by atoms with Gasteiger partial charge in [0.15, 0.2) is 6.29 Å². The van der Waals surface area contributed by atoms with Gasteiger partial charge in [0.2, 0.25) is 21.9 Å². The van der Waals surface area contributed by atoms with Crippen molar-refractivity contribution in [2.24, 2.45) is 0 Å². The molecule has 0 spiro atoms. The third-order valence-electron chi connectivity index (χ3n) is 6.57. The van der Waals surface area contributed by atoms with E-state index in [0.717, 1.165) is 23.6 Å². The Balaban J connectivity index is 1.24. The number of anilines is 1. The summed E-state index contributed by atoms with van der Waals surface area (Å²) in [5.41, 5.74) is 2.55. The fraction of sp³-hybridized carbons (Fsp3) is 0.423. The molecule has 0 radical (unpaired) electrons. The van der Waals surface area contributed by atoms with E-state index in [1.807, 2.05) is 35.2 Å². The van der Waals surface area contributed by atoms with Crippen molar-refractivity contribution in [3.8, 4) is 5.88 Å². The van der Waals surface area contributed by atoms with Gasteiger partial charge in [-0.2, -0.15) is 9.29 Å². The molecule has 11 nitrogen and oxygen atoms in total. The maximum atomic E-state index is 13.3. The van der Waals surface area contributed by atoms with E-state index in [9.17, 15) is 13.2 Å². The van der Waals surface area contributed by atoms with Crippen LogP contribution in [-0.2, 0) is 19.6 Å². The van der Waals surface area contributed by atoms with Crippen molar-refractivity contribution in [3.63, 3.8) is 0 Å². The van der Waals surface area contributed by atoms with Crippen LogP contribution in [0.5, 0.6) is 5.88 Å². The summed E-state index contributed by atoms with van der Waals surface area (Å²) in [7, 11) is -3.65. The lowest BCUT2D eigenvalue weighted by Gasteiger charge is -2.34. The van der Waals surface area contributed by atoms with E-state index in [2.05, 4.69) is 15.4 Å². The normalized spacial score (nSPS) is 18.9. The molecule has 202 valence electrons. The molecule has 0 bridgehead atoms. The summed E-state index contributed by atoms with van der Waals surface area (Å²) in [6.07, 6.45) is 3.56. The van der Waals surface area contributed by atoms with Gasteiger partial charge in [-0.15, -0.1) is 0 Å². The zero-order valence-electron chi connectivity index (χ0n) is 21.2. The lowest BCUT2D eigenvalue weighted by atomic mass is 10.1. The van der Waals surface area contributed by atoms with Crippen LogP contribution in [0, 0.1) is 0 Å². The van der Waals surface area contributed by atoms with Crippen LogP contribution in [0.15, 0.2) is 53.6 Å². The molecule has 3 heterocycles. The van der Waals surface area contributed by atoms with Gasteiger partial charge >= 0.3 is 0 Å². The molecule has 2 aliphatic rings. The van der Waals surface area contributed by atoms with E-state index in [-0.39, 0.29) is 29.4 Å². The molecule has 5 rings (SSSR count). The Bertz CT molecular complexity index is 1390. The Morgan fingerprint density at radius 1 is 1.11 bits per heavy atom. The van der Waals surface area contributed by atoms with Gasteiger partial charge in [0.1, 0.15) is 5.56 Å². The number of piperazine rings is 1.